The van der Waals surface area contributed by atoms with Crippen LogP contribution in [0.3, 0.4) is 0 Å². The summed E-state index contributed by atoms with van der Waals surface area (Å²) in [7, 11) is 1.70. The van der Waals surface area contributed by atoms with E-state index in [1.807, 2.05) is 30.3 Å². The molecule has 1 heterocycles. The lowest BCUT2D eigenvalue weighted by atomic mass is 10.0. The van der Waals surface area contributed by atoms with Gasteiger partial charge < -0.3 is 9.64 Å². The number of amides is 1. The van der Waals surface area contributed by atoms with Gasteiger partial charge in [-0.05, 0) is 25.1 Å². The third-order valence-corrected chi connectivity index (χ3v) is 3.63. The van der Waals surface area contributed by atoms with Crippen LogP contribution in [0.1, 0.15) is 28.9 Å². The van der Waals surface area contributed by atoms with Gasteiger partial charge in [-0.2, -0.15) is 0 Å². The second-order valence-electron chi connectivity index (χ2n) is 5.04. The zero-order valence-corrected chi connectivity index (χ0v) is 11.9. The van der Waals surface area contributed by atoms with Gasteiger partial charge in [0.15, 0.2) is 5.78 Å². The van der Waals surface area contributed by atoms with E-state index in [9.17, 15) is 9.59 Å². The molecule has 0 saturated heterocycles. The first-order chi connectivity index (χ1) is 10.1. The van der Waals surface area contributed by atoms with Crippen molar-refractivity contribution in [1.29, 1.82) is 0 Å². The molecule has 2 aromatic rings. The Kier molecular flexibility index (Phi) is 3.22. The van der Waals surface area contributed by atoms with Gasteiger partial charge in [-0.3, -0.25) is 9.59 Å². The van der Waals surface area contributed by atoms with Crippen LogP contribution in [0.25, 0.3) is 0 Å². The molecule has 0 fully saturated rings. The van der Waals surface area contributed by atoms with Gasteiger partial charge >= 0.3 is 0 Å². The van der Waals surface area contributed by atoms with Crippen molar-refractivity contribution in [2.45, 2.75) is 13.0 Å². The maximum absolute atomic E-state index is 12.5. The number of hydrogen-bond donors (Lipinski definition) is 0. The molecule has 1 unspecified atom stereocenters. The number of hydrogen-bond acceptors (Lipinski definition) is 3. The highest BCUT2D eigenvalue weighted by molar-refractivity contribution is 6.02. The second kappa shape index (κ2) is 5.05. The standard InChI is InChI=1S/C17H15NO3/c1-11(19)13-8-9-15-14(10-13)18(2)17(20)16(21-15)12-6-4-3-5-7-12/h3-10,16H,1-2H3. The SMILES string of the molecule is CC(=O)c1ccc2c(c1)N(C)C(=O)C(c1ccccc1)O2. The van der Waals surface area contributed by atoms with Gasteiger partial charge in [0.25, 0.3) is 5.91 Å². The van der Waals surface area contributed by atoms with E-state index in [1.54, 1.807) is 30.1 Å². The third kappa shape index (κ3) is 2.29. The van der Waals surface area contributed by atoms with Crippen LogP contribution < -0.4 is 9.64 Å². The summed E-state index contributed by atoms with van der Waals surface area (Å²) in [6.07, 6.45) is -0.646. The third-order valence-electron chi connectivity index (χ3n) is 3.63. The fourth-order valence-corrected chi connectivity index (χ4v) is 2.41. The van der Waals surface area contributed by atoms with Gasteiger partial charge in [-0.1, -0.05) is 30.3 Å². The number of ether oxygens (including phenoxy) is 1. The molecule has 0 bridgehead atoms. The summed E-state index contributed by atoms with van der Waals surface area (Å²) in [5.41, 5.74) is 2.01. The fourth-order valence-electron chi connectivity index (χ4n) is 2.41. The Morgan fingerprint density at radius 3 is 2.52 bits per heavy atom. The molecule has 1 aliphatic heterocycles. The largest absolute Gasteiger partial charge is 0.474 e. The summed E-state index contributed by atoms with van der Waals surface area (Å²) < 4.78 is 5.83. The molecular weight excluding hydrogens is 266 g/mol. The highest BCUT2D eigenvalue weighted by atomic mass is 16.5. The van der Waals surface area contributed by atoms with Crippen molar-refractivity contribution in [1.82, 2.24) is 0 Å². The molecular formula is C17H15NO3. The second-order valence-corrected chi connectivity index (χ2v) is 5.04. The number of carbonyl (C=O) groups excluding carboxylic acids is 2. The van der Waals surface area contributed by atoms with Gasteiger partial charge in [-0.15, -0.1) is 0 Å². The van der Waals surface area contributed by atoms with E-state index in [0.717, 1.165) is 5.56 Å². The molecule has 3 rings (SSSR count). The number of anilines is 1. The highest BCUT2D eigenvalue weighted by Crippen LogP contribution is 2.38. The van der Waals surface area contributed by atoms with Gasteiger partial charge in [0.1, 0.15) is 5.75 Å². The maximum atomic E-state index is 12.5. The molecule has 0 aromatic heterocycles. The van der Waals surface area contributed by atoms with E-state index in [-0.39, 0.29) is 11.7 Å². The highest BCUT2D eigenvalue weighted by Gasteiger charge is 2.33. The summed E-state index contributed by atoms with van der Waals surface area (Å²) >= 11 is 0. The van der Waals surface area contributed by atoms with Crippen molar-refractivity contribution in [3.8, 4) is 5.75 Å². The zero-order chi connectivity index (χ0) is 15.0. The zero-order valence-electron chi connectivity index (χ0n) is 11.9. The number of Topliss-reactive ketones (excluding diaryl/α,β-unsaturated/α-hetero) is 1. The first-order valence-electron chi connectivity index (χ1n) is 6.72. The van der Waals surface area contributed by atoms with Crippen LogP contribution >= 0.6 is 0 Å². The van der Waals surface area contributed by atoms with Gasteiger partial charge in [0, 0.05) is 18.2 Å². The number of nitrogens with zero attached hydrogens (tertiary/aromatic N) is 1. The lowest BCUT2D eigenvalue weighted by Crippen LogP contribution is -2.38. The first-order valence-corrected chi connectivity index (χ1v) is 6.72. The average Bonchev–Trinajstić information content (AvgIpc) is 2.51. The lowest BCUT2D eigenvalue weighted by Gasteiger charge is -2.32. The lowest BCUT2D eigenvalue weighted by molar-refractivity contribution is -0.126. The minimum atomic E-state index is -0.646. The van der Waals surface area contributed by atoms with E-state index in [1.165, 1.54) is 6.92 Å². The smallest absolute Gasteiger partial charge is 0.272 e. The van der Waals surface area contributed by atoms with Gasteiger partial charge in [0.2, 0.25) is 6.10 Å². The minimum Gasteiger partial charge on any atom is -0.474 e. The predicted molar refractivity (Wildman–Crippen MR) is 79.7 cm³/mol. The van der Waals surface area contributed by atoms with Crippen LogP contribution in [0.2, 0.25) is 0 Å². The van der Waals surface area contributed by atoms with Crippen molar-refractivity contribution < 1.29 is 14.3 Å². The van der Waals surface area contributed by atoms with E-state index in [0.29, 0.717) is 17.0 Å². The Morgan fingerprint density at radius 2 is 1.86 bits per heavy atom. The number of ketones is 1. The molecule has 1 aliphatic rings. The van der Waals surface area contributed by atoms with Crippen molar-refractivity contribution in [2.24, 2.45) is 0 Å². The Balaban J connectivity index is 2.03. The molecule has 0 saturated carbocycles. The molecule has 0 aliphatic carbocycles. The summed E-state index contributed by atoms with van der Waals surface area (Å²) in [6, 6.07) is 14.5. The van der Waals surface area contributed by atoms with E-state index in [4.69, 9.17) is 4.74 Å². The molecule has 21 heavy (non-hydrogen) atoms. The summed E-state index contributed by atoms with van der Waals surface area (Å²) in [5, 5.41) is 0. The van der Waals surface area contributed by atoms with Crippen LogP contribution in [-0.2, 0) is 4.79 Å². The van der Waals surface area contributed by atoms with Crippen molar-refractivity contribution in [3.05, 3.63) is 59.7 Å². The number of benzene rings is 2. The molecule has 1 amide bonds. The Bertz CT molecular complexity index is 709. The number of carbonyl (C=O) groups is 2. The van der Waals surface area contributed by atoms with Gasteiger partial charge in [0.05, 0.1) is 5.69 Å². The van der Waals surface area contributed by atoms with Crippen LogP contribution in [0.5, 0.6) is 5.75 Å². The van der Waals surface area contributed by atoms with E-state index >= 15 is 0 Å². The summed E-state index contributed by atoms with van der Waals surface area (Å²) in [6.45, 7) is 1.50. The Labute approximate surface area is 123 Å². The van der Waals surface area contributed by atoms with E-state index < -0.39 is 6.10 Å². The molecule has 0 radical (unpaired) electrons. The van der Waals surface area contributed by atoms with Gasteiger partial charge in [-0.25, -0.2) is 0 Å². The first kappa shape index (κ1) is 13.4. The molecule has 0 N–H and O–H groups in total. The maximum Gasteiger partial charge on any atom is 0.272 e. The molecule has 2 aromatic carbocycles. The number of rotatable bonds is 2. The summed E-state index contributed by atoms with van der Waals surface area (Å²) in [4.78, 5) is 25.5. The van der Waals surface area contributed by atoms with Crippen molar-refractivity contribution in [2.75, 3.05) is 11.9 Å². The molecule has 4 nitrogen and oxygen atoms in total. The van der Waals surface area contributed by atoms with Crippen molar-refractivity contribution >= 4 is 17.4 Å². The van der Waals surface area contributed by atoms with Crippen LogP contribution in [0.4, 0.5) is 5.69 Å². The topological polar surface area (TPSA) is 46.6 Å². The molecule has 0 spiro atoms. The normalized spacial score (nSPS) is 17.1. The number of likely N-dealkylation sites (N-methyl/N-ethyl adjacent to an activating group) is 1. The van der Waals surface area contributed by atoms with Crippen LogP contribution in [-0.4, -0.2) is 18.7 Å². The predicted octanol–water partition coefficient (Wildman–Crippen LogP) is 2.99. The quantitative estimate of drug-likeness (QED) is 0.795. The van der Waals surface area contributed by atoms with Crippen LogP contribution in [0, 0.1) is 0 Å². The fraction of sp³-hybridized carbons (Fsp3) is 0.176. The Hall–Kier alpha value is -2.62. The monoisotopic (exact) mass is 281 g/mol. The summed E-state index contributed by atoms with van der Waals surface area (Å²) in [5.74, 6) is 0.425. The number of fused-ring (bicyclic) bond motifs is 1. The molecule has 4 heteroatoms. The Morgan fingerprint density at radius 1 is 1.14 bits per heavy atom. The van der Waals surface area contributed by atoms with E-state index in [2.05, 4.69) is 0 Å². The average molecular weight is 281 g/mol. The minimum absolute atomic E-state index is 0.0381. The molecule has 1 atom stereocenters. The van der Waals surface area contributed by atoms with Crippen LogP contribution in [0.15, 0.2) is 48.5 Å². The molecule has 106 valence electrons. The van der Waals surface area contributed by atoms with Crippen molar-refractivity contribution in [3.63, 3.8) is 0 Å².